The van der Waals surface area contributed by atoms with E-state index < -0.39 is 0 Å². The Morgan fingerprint density at radius 2 is 2.05 bits per heavy atom. The highest BCUT2D eigenvalue weighted by Gasteiger charge is 2.03. The van der Waals surface area contributed by atoms with Gasteiger partial charge in [0.05, 0.1) is 17.3 Å². The third kappa shape index (κ3) is 4.16. The Morgan fingerprint density at radius 3 is 2.65 bits per heavy atom. The van der Waals surface area contributed by atoms with Crippen LogP contribution in [-0.4, -0.2) is 21.5 Å². The molecule has 1 heterocycles. The van der Waals surface area contributed by atoms with Gasteiger partial charge in [0.2, 0.25) is 0 Å². The molecule has 0 fully saturated rings. The Hall–Kier alpha value is -1.70. The van der Waals surface area contributed by atoms with Crippen LogP contribution in [0.2, 0.25) is 0 Å². The van der Waals surface area contributed by atoms with E-state index >= 15 is 0 Å². The number of aliphatic hydroxyl groups is 1. The molecule has 0 saturated carbocycles. The van der Waals surface area contributed by atoms with Gasteiger partial charge in [0, 0.05) is 24.8 Å². The van der Waals surface area contributed by atoms with E-state index in [9.17, 15) is 0 Å². The van der Waals surface area contributed by atoms with Crippen molar-refractivity contribution in [2.45, 2.75) is 24.1 Å². The number of nitrogens with zero attached hydrogens (tertiary/aromatic N) is 2. The van der Waals surface area contributed by atoms with Crippen molar-refractivity contribution in [1.29, 1.82) is 0 Å². The minimum atomic E-state index is 0.117. The number of hydrogen-bond donors (Lipinski definition) is 1. The summed E-state index contributed by atoms with van der Waals surface area (Å²) in [5.74, 6) is 6.87. The van der Waals surface area contributed by atoms with E-state index in [4.69, 9.17) is 5.11 Å². The van der Waals surface area contributed by atoms with Gasteiger partial charge in [-0.05, 0) is 30.7 Å². The first-order valence-electron chi connectivity index (χ1n) is 6.51. The average molecular weight is 286 g/mol. The molecular weight excluding hydrogens is 268 g/mol. The fraction of sp³-hybridized carbons (Fsp3) is 0.312. The summed E-state index contributed by atoms with van der Waals surface area (Å²) in [5, 5.41) is 14.2. The quantitative estimate of drug-likeness (QED) is 0.694. The van der Waals surface area contributed by atoms with E-state index in [0.29, 0.717) is 6.42 Å². The first-order chi connectivity index (χ1) is 9.69. The highest BCUT2D eigenvalue weighted by molar-refractivity contribution is 7.98. The molecule has 0 bridgehead atoms. The number of aliphatic hydroxyl groups excluding tert-OH is 1. The van der Waals surface area contributed by atoms with Crippen LogP contribution in [0.15, 0.2) is 35.4 Å². The number of hydrogen-bond acceptors (Lipinski definition) is 3. The maximum atomic E-state index is 8.68. The summed E-state index contributed by atoms with van der Waals surface area (Å²) in [6.45, 7) is 2.12. The molecule has 20 heavy (non-hydrogen) atoms. The number of aryl methyl sites for hydroxylation is 2. The second-order valence-electron chi connectivity index (χ2n) is 4.51. The second-order valence-corrected chi connectivity index (χ2v) is 5.50. The Kier molecular flexibility index (Phi) is 5.28. The standard InChI is InChI=1S/C16H18N2OS/c1-13-11-16(18(2)17-13)20-12-15-8-6-14(7-9-15)5-3-4-10-19/h6-9,11,19H,4,10,12H2,1-2H3. The van der Waals surface area contributed by atoms with E-state index in [0.717, 1.165) is 17.0 Å². The molecule has 0 aliphatic heterocycles. The molecule has 0 spiro atoms. The van der Waals surface area contributed by atoms with Gasteiger partial charge >= 0.3 is 0 Å². The Morgan fingerprint density at radius 1 is 1.30 bits per heavy atom. The van der Waals surface area contributed by atoms with Crippen molar-refractivity contribution in [3.63, 3.8) is 0 Å². The van der Waals surface area contributed by atoms with Crippen molar-refractivity contribution in [1.82, 2.24) is 9.78 Å². The van der Waals surface area contributed by atoms with Crippen molar-refractivity contribution >= 4 is 11.8 Å². The van der Waals surface area contributed by atoms with Crippen molar-refractivity contribution < 1.29 is 5.11 Å². The second kappa shape index (κ2) is 7.18. The van der Waals surface area contributed by atoms with Crippen LogP contribution in [-0.2, 0) is 12.8 Å². The van der Waals surface area contributed by atoms with Gasteiger partial charge in [-0.25, -0.2) is 0 Å². The topological polar surface area (TPSA) is 38.0 Å². The molecule has 0 aliphatic rings. The highest BCUT2D eigenvalue weighted by Crippen LogP contribution is 2.23. The third-order valence-corrected chi connectivity index (χ3v) is 3.92. The van der Waals surface area contributed by atoms with Crippen LogP contribution in [0.3, 0.4) is 0 Å². The predicted molar refractivity (Wildman–Crippen MR) is 82.5 cm³/mol. The predicted octanol–water partition coefficient (Wildman–Crippen LogP) is 2.75. The monoisotopic (exact) mass is 286 g/mol. The number of aromatic nitrogens is 2. The van der Waals surface area contributed by atoms with Crippen LogP contribution in [0, 0.1) is 18.8 Å². The van der Waals surface area contributed by atoms with Crippen LogP contribution >= 0.6 is 11.8 Å². The summed E-state index contributed by atoms with van der Waals surface area (Å²) in [5.41, 5.74) is 3.30. The lowest BCUT2D eigenvalue weighted by Crippen LogP contribution is -1.92. The molecule has 3 nitrogen and oxygen atoms in total. The van der Waals surface area contributed by atoms with Crippen LogP contribution in [0.4, 0.5) is 0 Å². The molecule has 0 atom stereocenters. The Labute approximate surface area is 124 Å². The zero-order chi connectivity index (χ0) is 14.4. The van der Waals surface area contributed by atoms with E-state index in [1.165, 1.54) is 10.6 Å². The fourth-order valence-corrected chi connectivity index (χ4v) is 2.77. The van der Waals surface area contributed by atoms with E-state index in [1.54, 1.807) is 11.8 Å². The molecule has 1 aromatic carbocycles. The number of benzene rings is 1. The van der Waals surface area contributed by atoms with Gasteiger partial charge in [-0.3, -0.25) is 4.68 Å². The van der Waals surface area contributed by atoms with Gasteiger partial charge in [-0.1, -0.05) is 24.0 Å². The van der Waals surface area contributed by atoms with Crippen molar-refractivity contribution in [2.24, 2.45) is 7.05 Å². The van der Waals surface area contributed by atoms with Crippen molar-refractivity contribution in [3.8, 4) is 11.8 Å². The van der Waals surface area contributed by atoms with Crippen LogP contribution in [0.25, 0.3) is 0 Å². The first-order valence-corrected chi connectivity index (χ1v) is 7.49. The van der Waals surface area contributed by atoms with Gasteiger partial charge in [-0.15, -0.1) is 11.8 Å². The van der Waals surface area contributed by atoms with E-state index in [2.05, 4.69) is 35.1 Å². The Bertz CT molecular complexity index is 620. The molecule has 104 valence electrons. The molecule has 1 N–H and O–H groups in total. The summed E-state index contributed by atoms with van der Waals surface area (Å²) in [4.78, 5) is 0. The zero-order valence-electron chi connectivity index (χ0n) is 11.8. The van der Waals surface area contributed by atoms with Gasteiger partial charge in [-0.2, -0.15) is 5.10 Å². The molecule has 0 radical (unpaired) electrons. The van der Waals surface area contributed by atoms with Gasteiger partial charge in [0.25, 0.3) is 0 Å². The minimum Gasteiger partial charge on any atom is -0.395 e. The molecule has 1 aromatic heterocycles. The van der Waals surface area contributed by atoms with Gasteiger partial charge in [0.1, 0.15) is 0 Å². The summed E-state index contributed by atoms with van der Waals surface area (Å²) >= 11 is 1.78. The van der Waals surface area contributed by atoms with Crippen LogP contribution < -0.4 is 0 Å². The highest BCUT2D eigenvalue weighted by atomic mass is 32.2. The molecule has 4 heteroatoms. The van der Waals surface area contributed by atoms with Crippen molar-refractivity contribution in [3.05, 3.63) is 47.2 Å². The maximum absolute atomic E-state index is 8.68. The molecule has 0 unspecified atom stereocenters. The summed E-state index contributed by atoms with van der Waals surface area (Å²) < 4.78 is 1.91. The lowest BCUT2D eigenvalue weighted by Gasteiger charge is -2.02. The largest absolute Gasteiger partial charge is 0.395 e. The molecule has 0 aliphatic carbocycles. The number of rotatable bonds is 4. The van der Waals surface area contributed by atoms with Gasteiger partial charge < -0.3 is 5.11 Å². The molecule has 2 aromatic rings. The fourth-order valence-electron chi connectivity index (χ4n) is 1.78. The van der Waals surface area contributed by atoms with Gasteiger partial charge in [0.15, 0.2) is 0 Å². The van der Waals surface area contributed by atoms with Crippen LogP contribution in [0.5, 0.6) is 0 Å². The average Bonchev–Trinajstić information content (AvgIpc) is 2.76. The molecule has 2 rings (SSSR count). The SMILES string of the molecule is Cc1cc(SCc2ccc(C#CCCO)cc2)n(C)n1. The first kappa shape index (κ1) is 14.7. The molecular formula is C16H18N2OS. The summed E-state index contributed by atoms with van der Waals surface area (Å²) in [6.07, 6.45) is 0.525. The normalized spacial score (nSPS) is 10.2. The minimum absolute atomic E-state index is 0.117. The van der Waals surface area contributed by atoms with E-state index in [1.807, 2.05) is 30.8 Å². The van der Waals surface area contributed by atoms with Crippen molar-refractivity contribution in [2.75, 3.05) is 6.61 Å². The molecule has 0 amide bonds. The zero-order valence-corrected chi connectivity index (χ0v) is 12.6. The summed E-state index contributed by atoms with van der Waals surface area (Å²) in [7, 11) is 1.97. The molecule has 0 saturated heterocycles. The maximum Gasteiger partial charge on any atom is 0.0942 e. The smallest absolute Gasteiger partial charge is 0.0942 e. The lowest BCUT2D eigenvalue weighted by atomic mass is 10.1. The van der Waals surface area contributed by atoms with E-state index in [-0.39, 0.29) is 6.61 Å². The Balaban J connectivity index is 1.94. The third-order valence-electron chi connectivity index (χ3n) is 2.77. The lowest BCUT2D eigenvalue weighted by molar-refractivity contribution is 0.305. The van der Waals surface area contributed by atoms with Crippen LogP contribution in [0.1, 0.15) is 23.2 Å². The summed E-state index contributed by atoms with van der Waals surface area (Å²) in [6, 6.07) is 10.3. The number of thioether (sulfide) groups is 1.